The van der Waals surface area contributed by atoms with E-state index in [9.17, 15) is 24.3 Å². The van der Waals surface area contributed by atoms with Crippen molar-refractivity contribution in [2.75, 3.05) is 34.3 Å². The van der Waals surface area contributed by atoms with E-state index < -0.39 is 89.2 Å². The third-order valence-electron chi connectivity index (χ3n) is 13.4. The average Bonchev–Trinajstić information content (AvgIpc) is 3.74. The number of rotatable bonds is 16. The fraction of sp³-hybridized carbons (Fsp3) is 0.702. The Hall–Kier alpha value is -4.11. The van der Waals surface area contributed by atoms with E-state index in [1.54, 1.807) is 53.3 Å². The van der Waals surface area contributed by atoms with E-state index in [-0.39, 0.29) is 25.1 Å². The molecule has 0 aliphatic carbocycles. The van der Waals surface area contributed by atoms with Crippen LogP contribution in [-0.2, 0) is 49.4 Å². The predicted molar refractivity (Wildman–Crippen MR) is 234 cm³/mol. The van der Waals surface area contributed by atoms with Gasteiger partial charge in [0.15, 0.2) is 17.7 Å². The van der Waals surface area contributed by atoms with Gasteiger partial charge < -0.3 is 33.4 Å². The Morgan fingerprint density at radius 1 is 1.10 bits per heavy atom. The number of nitrogens with zero attached hydrogens (tertiary/aromatic N) is 5. The Kier molecular flexibility index (Phi) is 18.1. The van der Waals surface area contributed by atoms with Crippen LogP contribution in [0.4, 0.5) is 4.39 Å². The molecule has 0 aromatic carbocycles. The van der Waals surface area contributed by atoms with Crippen molar-refractivity contribution in [2.24, 2.45) is 17.8 Å². The van der Waals surface area contributed by atoms with Crippen LogP contribution in [0.2, 0.25) is 0 Å². The lowest BCUT2D eigenvalue weighted by Crippen LogP contribution is -2.64. The van der Waals surface area contributed by atoms with Crippen molar-refractivity contribution < 1.29 is 52.4 Å². The molecule has 350 valence electrons. The number of unbranched alkanes of at least 4 members (excludes halogenated alkanes) is 1. The van der Waals surface area contributed by atoms with Gasteiger partial charge in [-0.2, -0.15) is 0 Å². The topological polar surface area (TPSA) is 172 Å². The van der Waals surface area contributed by atoms with Gasteiger partial charge >= 0.3 is 5.97 Å². The number of aliphatic hydroxyl groups excluding tert-OH is 1. The predicted octanol–water partition coefficient (Wildman–Crippen LogP) is 5.07. The second-order valence-corrected chi connectivity index (χ2v) is 18.1. The van der Waals surface area contributed by atoms with Crippen LogP contribution in [-0.4, -0.2) is 147 Å². The molecule has 1 unspecified atom stereocenters. The Balaban J connectivity index is 1.71. The van der Waals surface area contributed by atoms with E-state index in [1.165, 1.54) is 14.0 Å². The molecule has 0 spiro atoms. The number of aryl methyl sites for hydroxylation is 1. The number of pyridine rings is 1. The summed E-state index contributed by atoms with van der Waals surface area (Å²) in [6, 6.07) is 2.46. The quantitative estimate of drug-likeness (QED) is 0.0779. The van der Waals surface area contributed by atoms with Crippen LogP contribution in [0.5, 0.6) is 0 Å². The number of ether oxygens (including phenoxy) is 5. The minimum absolute atomic E-state index is 0.0168. The lowest BCUT2D eigenvalue weighted by molar-refractivity contribution is -0.296. The van der Waals surface area contributed by atoms with Crippen molar-refractivity contribution in [3.8, 4) is 23.6 Å². The number of imidazole rings is 1. The number of halogens is 1. The Bertz CT molecular complexity index is 1880. The van der Waals surface area contributed by atoms with Crippen LogP contribution in [0.1, 0.15) is 93.9 Å². The number of esters is 1. The Morgan fingerprint density at radius 3 is 2.43 bits per heavy atom. The van der Waals surface area contributed by atoms with E-state index in [1.807, 2.05) is 53.7 Å². The highest BCUT2D eigenvalue weighted by Crippen LogP contribution is 2.41. The smallest absolute Gasteiger partial charge is 0.351 e. The molecule has 2 saturated heterocycles. The molecule has 15 nitrogen and oxygen atoms in total. The first-order chi connectivity index (χ1) is 29.7. The zero-order chi connectivity index (χ0) is 46.9. The average molecular weight is 884 g/mol. The van der Waals surface area contributed by atoms with Gasteiger partial charge in [0.25, 0.3) is 12.1 Å². The molecule has 4 heterocycles. The Labute approximate surface area is 372 Å². The number of alkyl halides is 1. The third kappa shape index (κ3) is 11.8. The summed E-state index contributed by atoms with van der Waals surface area (Å²) in [7, 11) is 5.04. The second-order valence-electron chi connectivity index (χ2n) is 18.1. The summed E-state index contributed by atoms with van der Waals surface area (Å²) in [5.41, 5.74) is -4.68. The number of cyclic esters (lactones) is 1. The van der Waals surface area contributed by atoms with E-state index in [0.717, 1.165) is 24.6 Å². The summed E-state index contributed by atoms with van der Waals surface area (Å²) in [4.78, 5) is 68.2. The van der Waals surface area contributed by atoms with Crippen LogP contribution in [0.15, 0.2) is 37.1 Å². The van der Waals surface area contributed by atoms with Gasteiger partial charge in [-0.1, -0.05) is 27.7 Å². The zero-order valence-corrected chi connectivity index (χ0v) is 39.0. The van der Waals surface area contributed by atoms with Crippen LogP contribution >= 0.6 is 0 Å². The summed E-state index contributed by atoms with van der Waals surface area (Å²) in [5.74, 6) is -3.27. The largest absolute Gasteiger partial charge is 0.456 e. The molecular formula is C47H70FN5O10. The van der Waals surface area contributed by atoms with Gasteiger partial charge in [0.05, 0.1) is 35.9 Å². The SMILES string of the molecule is C#CCCN(C)[C@H]1C[C@@H](C)O[C@@H](O[C@@H]2[C@@H](C)C(=O)[C@](C)(F)C(=O)O[C@H](CC)[C@@](C)(OC=O)C(N(C)CCCCn3cnc(-c4cccnc4)c3)[C@@H](C)C(=O)[C@H](C)C[C@@]2(C)OC)[C@@H]1O. The number of aromatic nitrogens is 3. The molecular weight excluding hydrogens is 814 g/mol. The number of ketones is 2. The number of terminal acetylenes is 1. The van der Waals surface area contributed by atoms with E-state index >= 15 is 4.39 Å². The first kappa shape index (κ1) is 51.5. The maximum atomic E-state index is 17.1. The summed E-state index contributed by atoms with van der Waals surface area (Å²) in [6.45, 7) is 14.3. The van der Waals surface area contributed by atoms with Crippen LogP contribution in [0.25, 0.3) is 11.3 Å². The summed E-state index contributed by atoms with van der Waals surface area (Å²) >= 11 is 0. The zero-order valence-electron chi connectivity index (χ0n) is 39.0. The Morgan fingerprint density at radius 2 is 1.81 bits per heavy atom. The molecule has 1 N–H and O–H groups in total. The summed E-state index contributed by atoms with van der Waals surface area (Å²) in [5, 5.41) is 11.7. The highest BCUT2D eigenvalue weighted by molar-refractivity contribution is 6.07. The molecule has 0 amide bonds. The number of carbonyl (C=O) groups is 4. The van der Waals surface area contributed by atoms with Crippen molar-refractivity contribution in [2.45, 2.75) is 160 Å². The summed E-state index contributed by atoms with van der Waals surface area (Å²) < 4.78 is 49.7. The number of hydrogen-bond donors (Lipinski definition) is 1. The van der Waals surface area contributed by atoms with Gasteiger partial charge in [-0.05, 0) is 92.6 Å². The minimum Gasteiger partial charge on any atom is -0.456 e. The van der Waals surface area contributed by atoms with Gasteiger partial charge in [0.2, 0.25) is 0 Å². The molecule has 0 radical (unpaired) electrons. The highest BCUT2D eigenvalue weighted by atomic mass is 19.1. The van der Waals surface area contributed by atoms with Crippen molar-refractivity contribution in [3.05, 3.63) is 37.1 Å². The normalized spacial score (nSPS) is 34.9. The second kappa shape index (κ2) is 22.2. The lowest BCUT2D eigenvalue weighted by Gasteiger charge is -2.49. The standard InChI is InChI=1S/C47H70FN5O10/c1-13-15-21-51(10)36-24-31(4)61-43(39(36)56)63-42-33(6)41(57)46(8,48)44(58)62-37(14-2)47(9,60-29-54)40(32(5)38(55)30(3)25-45(42,7)59-12)52(11)22-16-17-23-53-27-35(50-28-53)34-19-18-20-49-26-34/h1,18-20,26-33,36-37,39-40,42-43,56H,14-17,21-25H2,2-12H3/t30-,31-,32+,33+,36+,37-,39-,40?,42-,43+,45-,46+,47-/m1/s1. The monoisotopic (exact) mass is 884 g/mol. The molecule has 13 atom stereocenters. The molecule has 2 aliphatic heterocycles. The van der Waals surface area contributed by atoms with E-state index in [0.29, 0.717) is 38.9 Å². The molecule has 2 aromatic heterocycles. The molecule has 2 aromatic rings. The van der Waals surface area contributed by atoms with Crippen molar-refractivity contribution >= 4 is 24.0 Å². The number of hydrogen-bond acceptors (Lipinski definition) is 14. The maximum absolute atomic E-state index is 17.1. The van der Waals surface area contributed by atoms with Gasteiger partial charge in [-0.25, -0.2) is 14.2 Å². The van der Waals surface area contributed by atoms with Crippen LogP contribution in [0, 0.1) is 30.1 Å². The third-order valence-corrected chi connectivity index (χ3v) is 13.4. The molecule has 4 rings (SSSR count). The molecule has 2 fully saturated rings. The van der Waals surface area contributed by atoms with Crippen molar-refractivity contribution in [1.82, 2.24) is 24.3 Å². The van der Waals surface area contributed by atoms with Crippen LogP contribution < -0.4 is 0 Å². The van der Waals surface area contributed by atoms with Crippen molar-refractivity contribution in [3.63, 3.8) is 0 Å². The number of carbonyl (C=O) groups excluding carboxylic acids is 4. The number of Topliss-reactive ketones (excluding diaryl/α,β-unsaturated/α-hetero) is 2. The number of likely N-dealkylation sites (N-methyl/N-ethyl adjacent to an activating group) is 2. The molecule has 0 bridgehead atoms. The number of methoxy groups -OCH3 is 1. The molecule has 2 aliphatic rings. The van der Waals surface area contributed by atoms with Gasteiger partial charge in [0.1, 0.15) is 18.0 Å². The molecule has 63 heavy (non-hydrogen) atoms. The highest BCUT2D eigenvalue weighted by Gasteiger charge is 2.57. The fourth-order valence-corrected chi connectivity index (χ4v) is 9.76. The molecule has 16 heteroatoms. The fourth-order valence-electron chi connectivity index (χ4n) is 9.76. The van der Waals surface area contributed by atoms with Crippen molar-refractivity contribution in [1.29, 1.82) is 0 Å². The lowest BCUT2D eigenvalue weighted by atomic mass is 9.72. The number of aliphatic hydroxyl groups is 1. The first-order valence-electron chi connectivity index (χ1n) is 22.1. The van der Waals surface area contributed by atoms with Crippen LogP contribution in [0.3, 0.4) is 0 Å². The maximum Gasteiger partial charge on any atom is 0.351 e. The van der Waals surface area contributed by atoms with E-state index in [4.69, 9.17) is 30.1 Å². The van der Waals surface area contributed by atoms with E-state index in [2.05, 4.69) is 15.9 Å². The summed E-state index contributed by atoms with van der Waals surface area (Å²) in [6.07, 6.45) is 9.47. The molecule has 0 saturated carbocycles. The first-order valence-corrected chi connectivity index (χ1v) is 22.1. The van der Waals surface area contributed by atoms with Gasteiger partial charge in [0, 0.05) is 74.6 Å². The minimum atomic E-state index is -3.22. The van der Waals surface area contributed by atoms with Gasteiger partial charge in [-0.15, -0.1) is 12.3 Å². The van der Waals surface area contributed by atoms with Gasteiger partial charge in [-0.3, -0.25) is 29.2 Å².